The van der Waals surface area contributed by atoms with Crippen LogP contribution in [0.1, 0.15) is 22.7 Å². The average Bonchev–Trinajstić information content (AvgIpc) is 2.54. The first kappa shape index (κ1) is 18.4. The van der Waals surface area contributed by atoms with Crippen LogP contribution >= 0.6 is 23.2 Å². The minimum absolute atomic E-state index is 0.267. The van der Waals surface area contributed by atoms with Crippen LogP contribution in [0.3, 0.4) is 0 Å². The third-order valence-electron chi connectivity index (χ3n) is 3.07. The summed E-state index contributed by atoms with van der Waals surface area (Å²) >= 11 is 12.1. The predicted molar refractivity (Wildman–Crippen MR) is 95.3 cm³/mol. The van der Waals surface area contributed by atoms with Crippen LogP contribution < -0.4 is 10.6 Å². The molecule has 0 unspecified atom stereocenters. The van der Waals surface area contributed by atoms with E-state index in [-0.39, 0.29) is 11.6 Å². The Morgan fingerprint density at radius 2 is 2.04 bits per heavy atom. The Labute approximate surface area is 150 Å². The van der Waals surface area contributed by atoms with E-state index in [2.05, 4.69) is 20.6 Å². The van der Waals surface area contributed by atoms with Crippen LogP contribution in [0.4, 0.5) is 11.5 Å². The van der Waals surface area contributed by atoms with Crippen LogP contribution in [0.15, 0.2) is 24.3 Å². The lowest BCUT2D eigenvalue weighted by Crippen LogP contribution is -2.26. The third kappa shape index (κ3) is 5.33. The van der Waals surface area contributed by atoms with Gasteiger partial charge in [0.05, 0.1) is 10.7 Å². The monoisotopic (exact) mass is 368 g/mol. The van der Waals surface area contributed by atoms with E-state index in [0.29, 0.717) is 40.5 Å². The molecule has 1 aromatic heterocycles. The zero-order valence-corrected chi connectivity index (χ0v) is 14.9. The van der Waals surface area contributed by atoms with Gasteiger partial charge in [0, 0.05) is 31.4 Å². The summed E-state index contributed by atoms with van der Waals surface area (Å²) in [5.74, 6) is 0.672. The maximum atomic E-state index is 12.2. The molecular formula is C16H18Cl2N4O2. The second kappa shape index (κ2) is 8.82. The number of hydrogen-bond acceptors (Lipinski definition) is 5. The summed E-state index contributed by atoms with van der Waals surface area (Å²) in [5, 5.41) is 6.89. The molecule has 24 heavy (non-hydrogen) atoms. The number of nitrogens with one attached hydrogen (secondary N) is 2. The Hall–Kier alpha value is -1.89. The molecule has 0 saturated heterocycles. The summed E-state index contributed by atoms with van der Waals surface area (Å²) in [7, 11) is 1.62. The Kier molecular flexibility index (Phi) is 6.78. The number of nitrogens with zero attached hydrogens (tertiary/aromatic N) is 2. The molecule has 6 nitrogen and oxygen atoms in total. The van der Waals surface area contributed by atoms with Crippen molar-refractivity contribution in [3.05, 3.63) is 45.8 Å². The first-order valence-electron chi connectivity index (χ1n) is 7.34. The lowest BCUT2D eigenvalue weighted by molar-refractivity contribution is 0.0943. The minimum Gasteiger partial charge on any atom is -0.385 e. The number of benzene rings is 1. The van der Waals surface area contributed by atoms with Crippen molar-refractivity contribution in [3.8, 4) is 0 Å². The van der Waals surface area contributed by atoms with Gasteiger partial charge in [-0.3, -0.25) is 4.79 Å². The van der Waals surface area contributed by atoms with Crippen LogP contribution in [0.25, 0.3) is 0 Å². The number of ether oxygens (including phenoxy) is 1. The van der Waals surface area contributed by atoms with Gasteiger partial charge in [-0.1, -0.05) is 23.2 Å². The lowest BCUT2D eigenvalue weighted by atomic mass is 10.3. The van der Waals surface area contributed by atoms with Crippen molar-refractivity contribution >= 4 is 40.6 Å². The van der Waals surface area contributed by atoms with Gasteiger partial charge in [0.25, 0.3) is 5.91 Å². The van der Waals surface area contributed by atoms with Gasteiger partial charge in [0.1, 0.15) is 17.3 Å². The largest absolute Gasteiger partial charge is 0.385 e. The van der Waals surface area contributed by atoms with E-state index in [1.54, 1.807) is 38.3 Å². The number of aryl methyl sites for hydroxylation is 1. The topological polar surface area (TPSA) is 76.1 Å². The molecule has 2 aromatic rings. The fourth-order valence-corrected chi connectivity index (χ4v) is 2.33. The fourth-order valence-electron chi connectivity index (χ4n) is 1.99. The Morgan fingerprint density at radius 1 is 1.25 bits per heavy atom. The number of aromatic nitrogens is 2. The van der Waals surface area contributed by atoms with Gasteiger partial charge in [-0.25, -0.2) is 9.97 Å². The van der Waals surface area contributed by atoms with Crippen molar-refractivity contribution < 1.29 is 9.53 Å². The SMILES string of the molecule is COCCCNC(=O)c1cc(Nc2cc(Cl)ccc2Cl)nc(C)n1. The van der Waals surface area contributed by atoms with Gasteiger partial charge < -0.3 is 15.4 Å². The zero-order chi connectivity index (χ0) is 17.5. The Bertz CT molecular complexity index is 725. The van der Waals surface area contributed by atoms with Gasteiger partial charge in [-0.2, -0.15) is 0 Å². The molecule has 0 bridgehead atoms. The van der Waals surface area contributed by atoms with Crippen molar-refractivity contribution in [2.45, 2.75) is 13.3 Å². The van der Waals surface area contributed by atoms with Gasteiger partial charge in [-0.05, 0) is 31.5 Å². The quantitative estimate of drug-likeness (QED) is 0.730. The van der Waals surface area contributed by atoms with E-state index in [1.807, 2.05) is 0 Å². The van der Waals surface area contributed by atoms with Crippen molar-refractivity contribution in [3.63, 3.8) is 0 Å². The predicted octanol–water partition coefficient (Wildman–Crippen LogP) is 3.60. The van der Waals surface area contributed by atoms with Crippen molar-refractivity contribution in [2.24, 2.45) is 0 Å². The van der Waals surface area contributed by atoms with E-state index >= 15 is 0 Å². The van der Waals surface area contributed by atoms with Crippen LogP contribution in [0.2, 0.25) is 10.0 Å². The van der Waals surface area contributed by atoms with Gasteiger partial charge >= 0.3 is 0 Å². The van der Waals surface area contributed by atoms with E-state index in [4.69, 9.17) is 27.9 Å². The molecule has 1 aromatic carbocycles. The highest BCUT2D eigenvalue weighted by atomic mass is 35.5. The first-order chi connectivity index (χ1) is 11.5. The maximum absolute atomic E-state index is 12.2. The molecule has 0 aliphatic carbocycles. The number of rotatable bonds is 7. The molecule has 0 saturated carbocycles. The lowest BCUT2D eigenvalue weighted by Gasteiger charge is -2.10. The molecule has 2 N–H and O–H groups in total. The number of carbonyl (C=O) groups is 1. The molecule has 0 fully saturated rings. The standard InChI is InChI=1S/C16H18Cl2N4O2/c1-10-20-14(16(23)19-6-3-7-24-2)9-15(21-10)22-13-8-11(17)4-5-12(13)18/h4-5,8-9H,3,6-7H2,1-2H3,(H,19,23)(H,20,21,22). The van der Waals surface area contributed by atoms with Crippen molar-refractivity contribution in [1.29, 1.82) is 0 Å². The summed E-state index contributed by atoms with van der Waals surface area (Å²) < 4.78 is 4.94. The Morgan fingerprint density at radius 3 is 2.79 bits per heavy atom. The van der Waals surface area contributed by atoms with Crippen molar-refractivity contribution in [2.75, 3.05) is 25.6 Å². The molecular weight excluding hydrogens is 351 g/mol. The molecule has 0 atom stereocenters. The normalized spacial score (nSPS) is 10.5. The van der Waals surface area contributed by atoms with Gasteiger partial charge in [-0.15, -0.1) is 0 Å². The fraction of sp³-hybridized carbons (Fsp3) is 0.312. The smallest absolute Gasteiger partial charge is 0.270 e. The summed E-state index contributed by atoms with van der Waals surface area (Å²) in [6, 6.07) is 6.63. The highest BCUT2D eigenvalue weighted by Gasteiger charge is 2.11. The summed E-state index contributed by atoms with van der Waals surface area (Å²) in [4.78, 5) is 20.6. The third-order valence-corrected chi connectivity index (χ3v) is 3.64. The second-order valence-electron chi connectivity index (χ2n) is 5.04. The highest BCUT2D eigenvalue weighted by Crippen LogP contribution is 2.28. The molecule has 8 heteroatoms. The number of hydrogen-bond donors (Lipinski definition) is 2. The van der Waals surface area contributed by atoms with Crippen molar-refractivity contribution in [1.82, 2.24) is 15.3 Å². The van der Waals surface area contributed by atoms with Crippen LogP contribution in [0, 0.1) is 6.92 Å². The highest BCUT2D eigenvalue weighted by molar-refractivity contribution is 6.35. The summed E-state index contributed by atoms with van der Waals surface area (Å²) in [6.45, 7) is 2.81. The average molecular weight is 369 g/mol. The van der Waals surface area contributed by atoms with Crippen LogP contribution in [-0.4, -0.2) is 36.1 Å². The number of carbonyl (C=O) groups excluding carboxylic acids is 1. The number of amides is 1. The van der Waals surface area contributed by atoms with E-state index < -0.39 is 0 Å². The van der Waals surface area contributed by atoms with Crippen LogP contribution in [-0.2, 0) is 4.74 Å². The van der Waals surface area contributed by atoms with Gasteiger partial charge in [0.15, 0.2) is 0 Å². The number of methoxy groups -OCH3 is 1. The number of anilines is 2. The molecule has 0 spiro atoms. The molecule has 2 rings (SSSR count). The molecule has 128 valence electrons. The van der Waals surface area contributed by atoms with Gasteiger partial charge in [0.2, 0.25) is 0 Å². The maximum Gasteiger partial charge on any atom is 0.270 e. The van der Waals surface area contributed by atoms with E-state index in [0.717, 1.165) is 6.42 Å². The zero-order valence-electron chi connectivity index (χ0n) is 13.4. The summed E-state index contributed by atoms with van der Waals surface area (Å²) in [6.07, 6.45) is 0.732. The second-order valence-corrected chi connectivity index (χ2v) is 5.88. The molecule has 0 aliphatic rings. The first-order valence-corrected chi connectivity index (χ1v) is 8.10. The molecule has 1 heterocycles. The summed E-state index contributed by atoms with van der Waals surface area (Å²) in [5.41, 5.74) is 0.884. The minimum atomic E-state index is -0.267. The molecule has 0 aliphatic heterocycles. The van der Waals surface area contributed by atoms with E-state index in [1.165, 1.54) is 0 Å². The van der Waals surface area contributed by atoms with Crippen LogP contribution in [0.5, 0.6) is 0 Å². The number of halogens is 2. The molecule has 1 amide bonds. The van der Waals surface area contributed by atoms with E-state index in [9.17, 15) is 4.79 Å². The molecule has 0 radical (unpaired) electrons. The Balaban J connectivity index is 2.13.